The van der Waals surface area contributed by atoms with Gasteiger partial charge in [-0.25, -0.2) is 0 Å². The minimum absolute atomic E-state index is 0.00552. The lowest BCUT2D eigenvalue weighted by atomic mass is 10.0. The van der Waals surface area contributed by atoms with Crippen molar-refractivity contribution < 1.29 is 4.79 Å². The number of halogens is 1. The molecule has 0 N–H and O–H groups in total. The molecule has 0 aromatic carbocycles. The predicted molar refractivity (Wildman–Crippen MR) is 91.1 cm³/mol. The molecule has 24 heavy (non-hydrogen) atoms. The molecule has 2 aromatic heterocycles. The van der Waals surface area contributed by atoms with Crippen LogP contribution in [0.15, 0.2) is 6.20 Å². The van der Waals surface area contributed by atoms with Crippen LogP contribution in [0.4, 0.5) is 0 Å². The Balaban J connectivity index is 1.69. The highest BCUT2D eigenvalue weighted by molar-refractivity contribution is 6.30. The van der Waals surface area contributed by atoms with Crippen LogP contribution in [0, 0.1) is 6.92 Å². The number of nitrogens with zero attached hydrogens (tertiary/aromatic N) is 5. The fraction of sp³-hybridized carbons (Fsp3) is 0.588. The van der Waals surface area contributed by atoms with Crippen LogP contribution in [0.2, 0.25) is 5.15 Å². The lowest BCUT2D eigenvalue weighted by Crippen LogP contribution is -2.31. The Bertz CT molecular complexity index is 804. The van der Waals surface area contributed by atoms with Crippen LogP contribution in [0.1, 0.15) is 65.0 Å². The maximum absolute atomic E-state index is 13.2. The van der Waals surface area contributed by atoms with Gasteiger partial charge in [-0.1, -0.05) is 11.6 Å². The fourth-order valence-corrected chi connectivity index (χ4v) is 4.24. The molecule has 2 fully saturated rings. The van der Waals surface area contributed by atoms with Crippen LogP contribution in [0.3, 0.4) is 0 Å². The van der Waals surface area contributed by atoms with Crippen molar-refractivity contribution in [1.29, 1.82) is 0 Å². The van der Waals surface area contributed by atoms with Crippen molar-refractivity contribution in [3.05, 3.63) is 33.9 Å². The highest BCUT2D eigenvalue weighted by atomic mass is 35.5. The van der Waals surface area contributed by atoms with Gasteiger partial charge >= 0.3 is 0 Å². The van der Waals surface area contributed by atoms with E-state index in [1.807, 2.05) is 30.6 Å². The lowest BCUT2D eigenvalue weighted by molar-refractivity contribution is 0.0734. The maximum Gasteiger partial charge on any atom is 0.257 e. The minimum atomic E-state index is 0.00552. The number of aromatic nitrogens is 4. The molecule has 2 aromatic rings. The van der Waals surface area contributed by atoms with Gasteiger partial charge in [0.2, 0.25) is 0 Å². The monoisotopic (exact) mass is 347 g/mol. The van der Waals surface area contributed by atoms with E-state index in [1.165, 1.54) is 0 Å². The summed E-state index contributed by atoms with van der Waals surface area (Å²) in [6.45, 7) is 2.72. The van der Waals surface area contributed by atoms with Crippen molar-refractivity contribution >= 4 is 17.5 Å². The van der Waals surface area contributed by atoms with Gasteiger partial charge in [-0.15, -0.1) is 0 Å². The van der Waals surface area contributed by atoms with Crippen LogP contribution in [-0.4, -0.2) is 36.9 Å². The van der Waals surface area contributed by atoms with Gasteiger partial charge in [-0.05, 0) is 32.6 Å². The third-order valence-corrected chi connectivity index (χ3v) is 5.67. The number of aryl methyl sites for hydroxylation is 3. The molecule has 1 amide bonds. The summed E-state index contributed by atoms with van der Waals surface area (Å²) in [5, 5.41) is 9.38. The van der Waals surface area contributed by atoms with E-state index in [2.05, 4.69) is 10.2 Å². The van der Waals surface area contributed by atoms with E-state index < -0.39 is 0 Å². The van der Waals surface area contributed by atoms with Crippen molar-refractivity contribution in [2.24, 2.45) is 14.1 Å². The number of likely N-dealkylation sites (tertiary alicyclic amines) is 1. The van der Waals surface area contributed by atoms with E-state index in [1.54, 1.807) is 10.9 Å². The number of carbonyl (C=O) groups excluding carboxylic acids is 1. The smallest absolute Gasteiger partial charge is 0.257 e. The first-order valence-corrected chi connectivity index (χ1v) is 8.88. The van der Waals surface area contributed by atoms with E-state index in [-0.39, 0.29) is 11.9 Å². The number of rotatable bonds is 3. The van der Waals surface area contributed by atoms with Crippen molar-refractivity contribution in [2.45, 2.75) is 44.6 Å². The van der Waals surface area contributed by atoms with E-state index in [0.717, 1.165) is 54.7 Å². The first-order chi connectivity index (χ1) is 11.5. The molecule has 1 saturated heterocycles. The largest absolute Gasteiger partial charge is 0.331 e. The molecule has 4 rings (SSSR count). The Labute approximate surface area is 146 Å². The number of amides is 1. The Hall–Kier alpha value is -1.82. The van der Waals surface area contributed by atoms with Gasteiger partial charge in [0.05, 0.1) is 29.2 Å². The van der Waals surface area contributed by atoms with Crippen LogP contribution >= 0.6 is 11.6 Å². The second-order valence-corrected chi connectivity index (χ2v) is 7.27. The highest BCUT2D eigenvalue weighted by Crippen LogP contribution is 2.43. The standard InChI is InChI=1S/C17H22ClN5O/c1-10-14(16(18)22(3)20-10)13-5-4-8-23(13)17(24)12-9-19-21(2)15(12)11-6-7-11/h9,11,13H,4-8H2,1-3H3/t13-/m1/s1. The van der Waals surface area contributed by atoms with Crippen molar-refractivity contribution in [2.75, 3.05) is 6.54 Å². The summed E-state index contributed by atoms with van der Waals surface area (Å²) in [7, 11) is 3.76. The van der Waals surface area contributed by atoms with Crippen molar-refractivity contribution in [3.63, 3.8) is 0 Å². The molecule has 0 spiro atoms. The normalized spacial score (nSPS) is 20.8. The summed E-state index contributed by atoms with van der Waals surface area (Å²) < 4.78 is 3.55. The molecule has 1 aliphatic carbocycles. The molecule has 1 atom stereocenters. The lowest BCUT2D eigenvalue weighted by Gasteiger charge is -2.25. The van der Waals surface area contributed by atoms with E-state index >= 15 is 0 Å². The second-order valence-electron chi connectivity index (χ2n) is 6.91. The second kappa shape index (κ2) is 5.62. The van der Waals surface area contributed by atoms with Gasteiger partial charge in [0.1, 0.15) is 5.15 Å². The minimum Gasteiger partial charge on any atom is -0.331 e. The quantitative estimate of drug-likeness (QED) is 0.857. The van der Waals surface area contributed by atoms with Crippen LogP contribution < -0.4 is 0 Å². The molecule has 7 heteroatoms. The first-order valence-electron chi connectivity index (χ1n) is 8.51. The molecule has 3 heterocycles. The van der Waals surface area contributed by atoms with Crippen molar-refractivity contribution in [1.82, 2.24) is 24.5 Å². The SMILES string of the molecule is Cc1nn(C)c(Cl)c1[C@H]1CCCN1C(=O)c1cnn(C)c1C1CC1. The number of carbonyl (C=O) groups is 1. The molecule has 1 aliphatic heterocycles. The van der Waals surface area contributed by atoms with Gasteiger partial charge in [0.25, 0.3) is 5.91 Å². The van der Waals surface area contributed by atoms with E-state index in [4.69, 9.17) is 11.6 Å². The van der Waals surface area contributed by atoms with Gasteiger partial charge in [0, 0.05) is 32.1 Å². The van der Waals surface area contributed by atoms with Crippen molar-refractivity contribution in [3.8, 4) is 0 Å². The predicted octanol–water partition coefficient (Wildman–Crippen LogP) is 2.97. The Morgan fingerprint density at radius 1 is 1.25 bits per heavy atom. The third kappa shape index (κ3) is 2.35. The number of hydrogen-bond acceptors (Lipinski definition) is 3. The zero-order valence-electron chi connectivity index (χ0n) is 14.3. The summed E-state index contributed by atoms with van der Waals surface area (Å²) in [4.78, 5) is 15.2. The molecule has 6 nitrogen and oxygen atoms in total. The summed E-state index contributed by atoms with van der Waals surface area (Å²) >= 11 is 6.45. The Morgan fingerprint density at radius 2 is 2.00 bits per heavy atom. The zero-order valence-corrected chi connectivity index (χ0v) is 15.0. The molecule has 2 aliphatic rings. The summed E-state index contributed by atoms with van der Waals surface area (Å²) in [5.41, 5.74) is 3.73. The molecule has 0 bridgehead atoms. The van der Waals surface area contributed by atoms with Crippen LogP contribution in [0.5, 0.6) is 0 Å². The van der Waals surface area contributed by atoms with E-state index in [0.29, 0.717) is 11.1 Å². The van der Waals surface area contributed by atoms with Gasteiger partial charge in [0.15, 0.2) is 0 Å². The fourth-order valence-electron chi connectivity index (χ4n) is 3.94. The summed E-state index contributed by atoms with van der Waals surface area (Å²) in [6.07, 6.45) is 5.94. The average molecular weight is 348 g/mol. The molecule has 128 valence electrons. The van der Waals surface area contributed by atoms with Crippen LogP contribution in [0.25, 0.3) is 0 Å². The molecule has 1 saturated carbocycles. The zero-order chi connectivity index (χ0) is 17.0. The Kier molecular flexibility index (Phi) is 3.67. The molecular formula is C17H22ClN5O. The topological polar surface area (TPSA) is 56.0 Å². The summed E-state index contributed by atoms with van der Waals surface area (Å²) in [6, 6.07) is 0.00552. The molecular weight excluding hydrogens is 326 g/mol. The summed E-state index contributed by atoms with van der Waals surface area (Å²) in [5.74, 6) is 0.563. The first kappa shape index (κ1) is 15.7. The highest BCUT2D eigenvalue weighted by Gasteiger charge is 2.38. The van der Waals surface area contributed by atoms with Crippen LogP contribution in [-0.2, 0) is 14.1 Å². The van der Waals surface area contributed by atoms with Gasteiger partial charge in [-0.3, -0.25) is 14.2 Å². The molecule has 0 radical (unpaired) electrons. The molecule has 0 unspecified atom stereocenters. The average Bonchev–Trinajstić information content (AvgIpc) is 3.04. The van der Waals surface area contributed by atoms with Gasteiger partial charge < -0.3 is 4.90 Å². The number of hydrogen-bond donors (Lipinski definition) is 0. The van der Waals surface area contributed by atoms with E-state index in [9.17, 15) is 4.79 Å². The third-order valence-electron chi connectivity index (χ3n) is 5.22. The maximum atomic E-state index is 13.2. The Morgan fingerprint density at radius 3 is 2.62 bits per heavy atom. The van der Waals surface area contributed by atoms with Gasteiger partial charge in [-0.2, -0.15) is 10.2 Å².